The molecule has 1 aliphatic rings. The summed E-state index contributed by atoms with van der Waals surface area (Å²) in [5.41, 5.74) is 7.24. The molecule has 5 heteroatoms. The van der Waals surface area contributed by atoms with Crippen molar-refractivity contribution in [1.82, 2.24) is 14.7 Å². The first-order chi connectivity index (χ1) is 17.8. The lowest BCUT2D eigenvalue weighted by Gasteiger charge is -2.23. The molecule has 4 aromatic rings. The van der Waals surface area contributed by atoms with Crippen LogP contribution in [0.3, 0.4) is 0 Å². The number of ether oxygens (including phenoxy) is 2. The Hall–Kier alpha value is -3.57. The molecule has 0 atom stereocenters. The number of hydrogen-bond donors (Lipinski definition) is 0. The van der Waals surface area contributed by atoms with Crippen LogP contribution >= 0.6 is 0 Å². The summed E-state index contributed by atoms with van der Waals surface area (Å²) in [5.74, 6) is 1.67. The molecular weight excluding hydrogens is 446 g/mol. The van der Waals surface area contributed by atoms with Crippen molar-refractivity contribution in [3.8, 4) is 28.4 Å². The molecule has 0 N–H and O–H groups in total. The summed E-state index contributed by atoms with van der Waals surface area (Å²) in [6, 6.07) is 27.5. The number of aromatic nitrogens is 2. The summed E-state index contributed by atoms with van der Waals surface area (Å²) in [6.45, 7) is 7.50. The molecule has 0 unspecified atom stereocenters. The molecule has 186 valence electrons. The fraction of sp³-hybridized carbons (Fsp3) is 0.323. The molecule has 0 saturated carbocycles. The summed E-state index contributed by atoms with van der Waals surface area (Å²) in [5, 5.41) is 5.22. The molecule has 5 nitrogen and oxygen atoms in total. The van der Waals surface area contributed by atoms with E-state index in [1.54, 1.807) is 0 Å². The highest BCUT2D eigenvalue weighted by atomic mass is 16.7. The minimum absolute atomic E-state index is 0.303. The fourth-order valence-corrected chi connectivity index (χ4v) is 4.91. The van der Waals surface area contributed by atoms with Gasteiger partial charge < -0.3 is 9.47 Å². The molecule has 0 radical (unpaired) electrons. The summed E-state index contributed by atoms with van der Waals surface area (Å²) in [6.07, 6.45) is 4.37. The summed E-state index contributed by atoms with van der Waals surface area (Å²) >= 11 is 0. The van der Waals surface area contributed by atoms with Gasteiger partial charge in [0.25, 0.3) is 0 Å². The second kappa shape index (κ2) is 11.4. The zero-order chi connectivity index (χ0) is 24.7. The van der Waals surface area contributed by atoms with Gasteiger partial charge >= 0.3 is 0 Å². The Labute approximate surface area is 214 Å². The molecule has 3 aromatic carbocycles. The van der Waals surface area contributed by atoms with E-state index in [2.05, 4.69) is 96.2 Å². The minimum atomic E-state index is 0.303. The normalized spacial score (nSPS) is 12.4. The smallest absolute Gasteiger partial charge is 0.231 e. The lowest BCUT2D eigenvalue weighted by atomic mass is 10.0. The number of benzene rings is 3. The molecule has 0 fully saturated rings. The van der Waals surface area contributed by atoms with Gasteiger partial charge in [-0.15, -0.1) is 0 Å². The first-order valence-corrected chi connectivity index (χ1v) is 13.1. The highest BCUT2D eigenvalue weighted by molar-refractivity contribution is 5.65. The van der Waals surface area contributed by atoms with Crippen molar-refractivity contribution in [3.05, 3.63) is 95.7 Å². The quantitative estimate of drug-likeness (QED) is 0.231. The van der Waals surface area contributed by atoms with E-state index < -0.39 is 0 Å². The summed E-state index contributed by atoms with van der Waals surface area (Å²) in [7, 11) is 0. The minimum Gasteiger partial charge on any atom is -0.454 e. The third-order valence-electron chi connectivity index (χ3n) is 6.67. The Balaban J connectivity index is 1.55. The SMILES string of the molecule is CCCCc1c(CN(CCC)Cc2ccc3c(c2)OCO3)c(-c2ccccc2)nn1-c1ccccc1. The molecule has 2 heterocycles. The molecule has 5 rings (SSSR count). The van der Waals surface area contributed by atoms with E-state index in [1.807, 2.05) is 6.07 Å². The van der Waals surface area contributed by atoms with Crippen LogP contribution in [0.2, 0.25) is 0 Å². The Bertz CT molecular complexity index is 1270. The van der Waals surface area contributed by atoms with Gasteiger partial charge in [-0.2, -0.15) is 5.10 Å². The number of rotatable bonds is 11. The van der Waals surface area contributed by atoms with Crippen LogP contribution in [0.25, 0.3) is 16.9 Å². The van der Waals surface area contributed by atoms with Crippen LogP contribution in [0.4, 0.5) is 0 Å². The summed E-state index contributed by atoms with van der Waals surface area (Å²) < 4.78 is 13.3. The molecule has 36 heavy (non-hydrogen) atoms. The van der Waals surface area contributed by atoms with E-state index in [4.69, 9.17) is 14.6 Å². The van der Waals surface area contributed by atoms with Crippen molar-refractivity contribution < 1.29 is 9.47 Å². The number of para-hydroxylation sites is 1. The molecule has 0 aliphatic carbocycles. The van der Waals surface area contributed by atoms with E-state index in [0.717, 1.165) is 68.2 Å². The van der Waals surface area contributed by atoms with E-state index in [-0.39, 0.29) is 0 Å². The lowest BCUT2D eigenvalue weighted by molar-refractivity contribution is 0.174. The maximum absolute atomic E-state index is 5.64. The monoisotopic (exact) mass is 481 g/mol. The second-order valence-electron chi connectivity index (χ2n) is 9.39. The van der Waals surface area contributed by atoms with Crippen molar-refractivity contribution in [2.24, 2.45) is 0 Å². The number of nitrogens with zero attached hydrogens (tertiary/aromatic N) is 3. The Morgan fingerprint density at radius 1 is 0.833 bits per heavy atom. The van der Waals surface area contributed by atoms with Crippen LogP contribution in [0.5, 0.6) is 11.5 Å². The Morgan fingerprint density at radius 2 is 1.58 bits per heavy atom. The van der Waals surface area contributed by atoms with E-state index in [0.29, 0.717) is 6.79 Å². The maximum Gasteiger partial charge on any atom is 0.231 e. The molecule has 0 bridgehead atoms. The van der Waals surface area contributed by atoms with Gasteiger partial charge in [0, 0.05) is 29.9 Å². The van der Waals surface area contributed by atoms with Crippen LogP contribution < -0.4 is 9.47 Å². The predicted molar refractivity (Wildman–Crippen MR) is 145 cm³/mol. The highest BCUT2D eigenvalue weighted by Crippen LogP contribution is 2.34. The van der Waals surface area contributed by atoms with Crippen LogP contribution in [0.1, 0.15) is 49.9 Å². The molecule has 0 spiro atoms. The molecular formula is C31H35N3O2. The average Bonchev–Trinajstić information content (AvgIpc) is 3.53. The van der Waals surface area contributed by atoms with Crippen LogP contribution in [0, 0.1) is 0 Å². The standard InChI is InChI=1S/C31H35N3O2/c1-3-5-16-28-27(22-33(19-4-2)21-24-17-18-29-30(20-24)36-23-35-29)31(25-12-8-6-9-13-25)32-34(28)26-14-10-7-11-15-26/h6-15,17-18,20H,3-5,16,19,21-23H2,1-2H3. The molecule has 1 aromatic heterocycles. The number of unbranched alkanes of at least 4 members (excludes halogenated alkanes) is 1. The Kier molecular flexibility index (Phi) is 7.67. The number of fused-ring (bicyclic) bond motifs is 1. The first kappa shape index (κ1) is 24.1. The van der Waals surface area contributed by atoms with Crippen molar-refractivity contribution in [1.29, 1.82) is 0 Å². The second-order valence-corrected chi connectivity index (χ2v) is 9.39. The zero-order valence-corrected chi connectivity index (χ0v) is 21.3. The van der Waals surface area contributed by atoms with Gasteiger partial charge in [-0.25, -0.2) is 4.68 Å². The van der Waals surface area contributed by atoms with Gasteiger partial charge in [0.1, 0.15) is 0 Å². The molecule has 1 aliphatic heterocycles. The third kappa shape index (κ3) is 5.31. The van der Waals surface area contributed by atoms with Crippen LogP contribution in [-0.4, -0.2) is 28.0 Å². The molecule has 0 saturated heterocycles. The molecule has 0 amide bonds. The van der Waals surface area contributed by atoms with Crippen LogP contribution in [0.15, 0.2) is 78.9 Å². The Morgan fingerprint density at radius 3 is 2.33 bits per heavy atom. The summed E-state index contributed by atoms with van der Waals surface area (Å²) in [4.78, 5) is 2.53. The topological polar surface area (TPSA) is 39.5 Å². The van der Waals surface area contributed by atoms with Crippen molar-refractivity contribution in [2.45, 2.75) is 52.6 Å². The van der Waals surface area contributed by atoms with Crippen molar-refractivity contribution in [2.75, 3.05) is 13.3 Å². The third-order valence-corrected chi connectivity index (χ3v) is 6.67. The van der Waals surface area contributed by atoms with E-state index >= 15 is 0 Å². The highest BCUT2D eigenvalue weighted by Gasteiger charge is 2.22. The van der Waals surface area contributed by atoms with Gasteiger partial charge in [-0.3, -0.25) is 4.90 Å². The van der Waals surface area contributed by atoms with Crippen molar-refractivity contribution in [3.63, 3.8) is 0 Å². The first-order valence-electron chi connectivity index (χ1n) is 13.1. The van der Waals surface area contributed by atoms with Gasteiger partial charge in [0.15, 0.2) is 11.5 Å². The van der Waals surface area contributed by atoms with Gasteiger partial charge in [0.05, 0.1) is 11.4 Å². The van der Waals surface area contributed by atoms with Crippen LogP contribution in [-0.2, 0) is 19.5 Å². The van der Waals surface area contributed by atoms with Gasteiger partial charge in [-0.1, -0.05) is 74.9 Å². The van der Waals surface area contributed by atoms with Crippen molar-refractivity contribution >= 4 is 0 Å². The van der Waals surface area contributed by atoms with Gasteiger partial charge in [0.2, 0.25) is 6.79 Å². The predicted octanol–water partition coefficient (Wildman–Crippen LogP) is 7.02. The fourth-order valence-electron chi connectivity index (χ4n) is 4.91. The lowest BCUT2D eigenvalue weighted by Crippen LogP contribution is -2.24. The van der Waals surface area contributed by atoms with E-state index in [1.165, 1.54) is 22.4 Å². The average molecular weight is 482 g/mol. The van der Waals surface area contributed by atoms with E-state index in [9.17, 15) is 0 Å². The largest absolute Gasteiger partial charge is 0.454 e. The zero-order valence-electron chi connectivity index (χ0n) is 21.3. The number of hydrogen-bond acceptors (Lipinski definition) is 4. The maximum atomic E-state index is 5.64. The van der Waals surface area contributed by atoms with Gasteiger partial charge in [-0.05, 0) is 55.6 Å².